The van der Waals surface area contributed by atoms with Crippen molar-refractivity contribution in [2.24, 2.45) is 0 Å². The third kappa shape index (κ3) is 3.18. The molecule has 0 atom stereocenters. The Kier molecular flexibility index (Phi) is 3.87. The SMILES string of the molecule is FC(F)(F)c1cccc(-c2nc(-c3c(Br)cncc3C3CC3)no2)c1. The summed E-state index contributed by atoms with van der Waals surface area (Å²) in [6, 6.07) is 4.84. The van der Waals surface area contributed by atoms with Gasteiger partial charge in [0.05, 0.1) is 5.56 Å². The van der Waals surface area contributed by atoms with Crippen molar-refractivity contribution < 1.29 is 17.7 Å². The predicted molar refractivity (Wildman–Crippen MR) is 87.6 cm³/mol. The van der Waals surface area contributed by atoms with Gasteiger partial charge in [-0.2, -0.15) is 18.2 Å². The number of rotatable bonds is 3. The molecule has 2 heterocycles. The topological polar surface area (TPSA) is 51.8 Å². The van der Waals surface area contributed by atoms with Crippen LogP contribution < -0.4 is 0 Å². The zero-order valence-corrected chi connectivity index (χ0v) is 14.3. The van der Waals surface area contributed by atoms with E-state index >= 15 is 0 Å². The summed E-state index contributed by atoms with van der Waals surface area (Å²) in [6.07, 6.45) is 1.14. The van der Waals surface area contributed by atoms with Crippen LogP contribution in [0.25, 0.3) is 22.8 Å². The minimum absolute atomic E-state index is 0.0477. The zero-order chi connectivity index (χ0) is 17.6. The number of aromatic nitrogens is 3. The first kappa shape index (κ1) is 16.3. The van der Waals surface area contributed by atoms with Crippen LogP contribution >= 0.6 is 15.9 Å². The number of hydrogen-bond acceptors (Lipinski definition) is 4. The van der Waals surface area contributed by atoms with Crippen molar-refractivity contribution in [3.05, 3.63) is 52.3 Å². The lowest BCUT2D eigenvalue weighted by Gasteiger charge is -2.07. The van der Waals surface area contributed by atoms with Crippen LogP contribution in [-0.2, 0) is 6.18 Å². The highest BCUT2D eigenvalue weighted by atomic mass is 79.9. The van der Waals surface area contributed by atoms with Crippen molar-refractivity contribution in [3.8, 4) is 22.8 Å². The van der Waals surface area contributed by atoms with Crippen molar-refractivity contribution in [1.82, 2.24) is 15.1 Å². The zero-order valence-electron chi connectivity index (χ0n) is 12.7. The third-order valence-corrected chi connectivity index (χ3v) is 4.63. The molecule has 0 amide bonds. The quantitative estimate of drug-likeness (QED) is 0.576. The number of alkyl halides is 3. The molecule has 0 bridgehead atoms. The van der Waals surface area contributed by atoms with Gasteiger partial charge in [0, 0.05) is 28.0 Å². The van der Waals surface area contributed by atoms with Gasteiger partial charge in [-0.05, 0) is 58.5 Å². The summed E-state index contributed by atoms with van der Waals surface area (Å²) in [5.74, 6) is 0.797. The molecule has 0 N–H and O–H groups in total. The summed E-state index contributed by atoms with van der Waals surface area (Å²) in [4.78, 5) is 8.48. The van der Waals surface area contributed by atoms with E-state index in [0.717, 1.165) is 40.6 Å². The molecule has 0 saturated heterocycles. The van der Waals surface area contributed by atoms with Crippen LogP contribution in [0.2, 0.25) is 0 Å². The minimum Gasteiger partial charge on any atom is -0.334 e. The maximum absolute atomic E-state index is 12.9. The maximum atomic E-state index is 12.9. The summed E-state index contributed by atoms with van der Waals surface area (Å²) in [5, 5.41) is 3.96. The number of halogens is 4. The Balaban J connectivity index is 1.75. The van der Waals surface area contributed by atoms with Crippen LogP contribution in [0, 0.1) is 0 Å². The lowest BCUT2D eigenvalue weighted by atomic mass is 10.1. The summed E-state index contributed by atoms with van der Waals surface area (Å²) in [6.45, 7) is 0. The molecular formula is C17H11BrF3N3O. The molecule has 1 saturated carbocycles. The second-order valence-corrected chi connectivity index (χ2v) is 6.72. The molecule has 0 spiro atoms. The van der Waals surface area contributed by atoms with Crippen molar-refractivity contribution in [2.45, 2.75) is 24.9 Å². The summed E-state index contributed by atoms with van der Waals surface area (Å²) in [7, 11) is 0. The van der Waals surface area contributed by atoms with Gasteiger partial charge >= 0.3 is 6.18 Å². The molecule has 4 nitrogen and oxygen atoms in total. The van der Waals surface area contributed by atoms with E-state index in [-0.39, 0.29) is 11.5 Å². The Morgan fingerprint density at radius 2 is 1.96 bits per heavy atom. The van der Waals surface area contributed by atoms with Gasteiger partial charge in [-0.15, -0.1) is 0 Å². The van der Waals surface area contributed by atoms with Crippen LogP contribution in [0.3, 0.4) is 0 Å². The van der Waals surface area contributed by atoms with Crippen molar-refractivity contribution in [2.75, 3.05) is 0 Å². The molecule has 1 fully saturated rings. The average molecular weight is 410 g/mol. The maximum Gasteiger partial charge on any atom is 0.416 e. The molecule has 0 aliphatic heterocycles. The van der Waals surface area contributed by atoms with Gasteiger partial charge < -0.3 is 4.52 Å². The average Bonchev–Trinajstić information content (AvgIpc) is 3.31. The van der Waals surface area contributed by atoms with Crippen LogP contribution in [0.15, 0.2) is 45.7 Å². The van der Waals surface area contributed by atoms with Crippen molar-refractivity contribution in [3.63, 3.8) is 0 Å². The largest absolute Gasteiger partial charge is 0.416 e. The molecule has 1 aliphatic carbocycles. The van der Waals surface area contributed by atoms with E-state index in [4.69, 9.17) is 4.52 Å². The first-order valence-corrected chi connectivity index (χ1v) is 8.38. The van der Waals surface area contributed by atoms with Gasteiger partial charge in [-0.1, -0.05) is 11.2 Å². The highest BCUT2D eigenvalue weighted by molar-refractivity contribution is 9.10. The van der Waals surface area contributed by atoms with Gasteiger partial charge in [-0.25, -0.2) is 0 Å². The van der Waals surface area contributed by atoms with E-state index in [2.05, 4.69) is 31.1 Å². The smallest absolute Gasteiger partial charge is 0.334 e. The minimum atomic E-state index is -4.42. The van der Waals surface area contributed by atoms with Crippen LogP contribution in [-0.4, -0.2) is 15.1 Å². The van der Waals surface area contributed by atoms with E-state index in [1.54, 1.807) is 12.4 Å². The molecule has 0 radical (unpaired) electrons. The normalized spacial score (nSPS) is 14.7. The molecule has 2 aromatic heterocycles. The Bertz CT molecular complexity index is 935. The fraction of sp³-hybridized carbons (Fsp3) is 0.235. The molecular weight excluding hydrogens is 399 g/mol. The van der Waals surface area contributed by atoms with Gasteiger partial charge in [0.1, 0.15) is 0 Å². The van der Waals surface area contributed by atoms with Gasteiger partial charge in [0.25, 0.3) is 5.89 Å². The van der Waals surface area contributed by atoms with E-state index in [1.165, 1.54) is 12.1 Å². The second-order valence-electron chi connectivity index (χ2n) is 5.86. The first-order valence-electron chi connectivity index (χ1n) is 7.58. The van der Waals surface area contributed by atoms with Crippen LogP contribution in [0.4, 0.5) is 13.2 Å². The highest BCUT2D eigenvalue weighted by Gasteiger charge is 2.32. The van der Waals surface area contributed by atoms with Crippen LogP contribution in [0.1, 0.15) is 29.9 Å². The Morgan fingerprint density at radius 1 is 1.16 bits per heavy atom. The molecule has 1 aliphatic rings. The Hall–Kier alpha value is -2.22. The molecule has 128 valence electrons. The third-order valence-electron chi connectivity index (χ3n) is 4.03. The number of nitrogens with zero attached hydrogens (tertiary/aromatic N) is 3. The molecule has 0 unspecified atom stereocenters. The van der Waals surface area contributed by atoms with E-state index in [9.17, 15) is 13.2 Å². The lowest BCUT2D eigenvalue weighted by Crippen LogP contribution is -2.04. The predicted octanol–water partition coefficient (Wildman–Crippen LogP) is 5.46. The first-order chi connectivity index (χ1) is 11.9. The standard InChI is InChI=1S/C17H11BrF3N3O/c18-13-8-22-7-12(9-4-5-9)14(13)15-23-16(25-24-15)10-2-1-3-11(6-10)17(19,20)21/h1-3,6-9H,4-5H2. The highest BCUT2D eigenvalue weighted by Crippen LogP contribution is 2.45. The van der Waals surface area contributed by atoms with Gasteiger partial charge in [0.2, 0.25) is 5.82 Å². The van der Waals surface area contributed by atoms with Crippen molar-refractivity contribution in [1.29, 1.82) is 0 Å². The van der Waals surface area contributed by atoms with E-state index in [0.29, 0.717) is 11.7 Å². The van der Waals surface area contributed by atoms with Crippen molar-refractivity contribution >= 4 is 15.9 Å². The van der Waals surface area contributed by atoms with E-state index < -0.39 is 11.7 Å². The summed E-state index contributed by atoms with van der Waals surface area (Å²) in [5.41, 5.74) is 1.27. The fourth-order valence-electron chi connectivity index (χ4n) is 2.66. The lowest BCUT2D eigenvalue weighted by molar-refractivity contribution is -0.137. The van der Waals surface area contributed by atoms with Gasteiger partial charge in [0.15, 0.2) is 0 Å². The summed E-state index contributed by atoms with van der Waals surface area (Å²) < 4.78 is 44.6. The fourth-order valence-corrected chi connectivity index (χ4v) is 3.19. The number of benzene rings is 1. The summed E-state index contributed by atoms with van der Waals surface area (Å²) >= 11 is 3.45. The number of pyridine rings is 1. The van der Waals surface area contributed by atoms with Gasteiger partial charge in [-0.3, -0.25) is 4.98 Å². The monoisotopic (exact) mass is 409 g/mol. The van der Waals surface area contributed by atoms with Crippen LogP contribution in [0.5, 0.6) is 0 Å². The molecule has 25 heavy (non-hydrogen) atoms. The number of hydrogen-bond donors (Lipinski definition) is 0. The molecule has 4 rings (SSSR count). The molecule has 8 heteroatoms. The molecule has 3 aromatic rings. The molecule has 1 aromatic carbocycles. The Labute approximate surface area is 149 Å². The van der Waals surface area contributed by atoms with E-state index in [1.807, 2.05) is 0 Å². The second kappa shape index (κ2) is 5.94. The Morgan fingerprint density at radius 3 is 2.68 bits per heavy atom.